The van der Waals surface area contributed by atoms with Crippen LogP contribution in [0.1, 0.15) is 29.2 Å². The Labute approximate surface area is 167 Å². The third-order valence-corrected chi connectivity index (χ3v) is 5.14. The Morgan fingerprint density at radius 1 is 1.21 bits per heavy atom. The second-order valence-corrected chi connectivity index (χ2v) is 7.37. The Kier molecular flexibility index (Phi) is 5.96. The molecular formula is C22H22F3NO3. The number of nitrogens with zero attached hydrogens (tertiary/aromatic N) is 1. The van der Waals surface area contributed by atoms with Crippen LogP contribution in [0.4, 0.5) is 18.0 Å². The summed E-state index contributed by atoms with van der Waals surface area (Å²) < 4.78 is 44.1. The van der Waals surface area contributed by atoms with E-state index in [4.69, 9.17) is 4.74 Å². The lowest BCUT2D eigenvalue weighted by Crippen LogP contribution is -2.43. The average molecular weight is 405 g/mol. The van der Waals surface area contributed by atoms with Crippen LogP contribution in [0.15, 0.2) is 48.5 Å². The van der Waals surface area contributed by atoms with Gasteiger partial charge >= 0.3 is 12.3 Å². The number of halogens is 3. The molecule has 0 spiro atoms. The number of benzene rings is 2. The van der Waals surface area contributed by atoms with Crippen molar-refractivity contribution >= 4 is 12.0 Å². The first-order valence-corrected chi connectivity index (χ1v) is 9.37. The second kappa shape index (κ2) is 8.27. The molecule has 0 bridgehead atoms. The second-order valence-electron chi connectivity index (χ2n) is 7.37. The molecule has 29 heavy (non-hydrogen) atoms. The molecule has 1 fully saturated rings. The van der Waals surface area contributed by atoms with Crippen molar-refractivity contribution in [3.63, 3.8) is 0 Å². The highest BCUT2D eigenvalue weighted by Crippen LogP contribution is 2.31. The summed E-state index contributed by atoms with van der Waals surface area (Å²) in [6.45, 7) is 3.43. The minimum absolute atomic E-state index is 0.106. The number of alkyl halides is 3. The lowest BCUT2D eigenvalue weighted by molar-refractivity contribution is -0.137. The first-order chi connectivity index (χ1) is 13.7. The number of cyclic esters (lactones) is 1. The predicted molar refractivity (Wildman–Crippen MR) is 101 cm³/mol. The summed E-state index contributed by atoms with van der Waals surface area (Å²) in [5.74, 6) is -1.11. The van der Waals surface area contributed by atoms with Crippen LogP contribution < -0.4 is 0 Å². The van der Waals surface area contributed by atoms with Crippen molar-refractivity contribution in [3.05, 3.63) is 70.8 Å². The maximum atomic E-state index is 13.0. The number of carbonyl (C=O) groups excluding carboxylic acids is 2. The van der Waals surface area contributed by atoms with Crippen LogP contribution in [0.2, 0.25) is 0 Å². The molecule has 1 heterocycles. The minimum Gasteiger partial charge on any atom is -0.447 e. The summed E-state index contributed by atoms with van der Waals surface area (Å²) >= 11 is 0. The lowest BCUT2D eigenvalue weighted by Gasteiger charge is -2.23. The molecule has 2 atom stereocenters. The van der Waals surface area contributed by atoms with Crippen LogP contribution in [0.5, 0.6) is 0 Å². The van der Waals surface area contributed by atoms with E-state index in [1.54, 1.807) is 13.8 Å². The normalized spacial score (nSPS) is 17.9. The van der Waals surface area contributed by atoms with Gasteiger partial charge in [0, 0.05) is 5.92 Å². The van der Waals surface area contributed by atoms with E-state index in [2.05, 4.69) is 0 Å². The van der Waals surface area contributed by atoms with E-state index in [1.165, 1.54) is 6.07 Å². The molecular weight excluding hydrogens is 383 g/mol. The molecule has 2 aromatic carbocycles. The Morgan fingerprint density at radius 2 is 1.90 bits per heavy atom. The summed E-state index contributed by atoms with van der Waals surface area (Å²) in [4.78, 5) is 26.2. The van der Waals surface area contributed by atoms with Crippen LogP contribution in [0.25, 0.3) is 0 Å². The van der Waals surface area contributed by atoms with E-state index in [-0.39, 0.29) is 13.0 Å². The fourth-order valence-corrected chi connectivity index (χ4v) is 3.49. The molecule has 2 unspecified atom stereocenters. The van der Waals surface area contributed by atoms with E-state index >= 15 is 0 Å². The van der Waals surface area contributed by atoms with Gasteiger partial charge in [0.05, 0.1) is 11.6 Å². The Hall–Kier alpha value is -2.83. The summed E-state index contributed by atoms with van der Waals surface area (Å²) in [7, 11) is 0. The summed E-state index contributed by atoms with van der Waals surface area (Å²) in [5.41, 5.74) is 1.32. The van der Waals surface area contributed by atoms with Crippen molar-refractivity contribution in [2.45, 2.75) is 38.9 Å². The van der Waals surface area contributed by atoms with Gasteiger partial charge in [-0.1, -0.05) is 43.3 Å². The zero-order valence-electron chi connectivity index (χ0n) is 16.2. The Balaban J connectivity index is 1.76. The quantitative estimate of drug-likeness (QED) is 0.719. The molecule has 1 saturated heterocycles. The van der Waals surface area contributed by atoms with E-state index in [9.17, 15) is 22.8 Å². The number of carbonyl (C=O) groups is 2. The van der Waals surface area contributed by atoms with Gasteiger partial charge in [0.25, 0.3) is 0 Å². The highest BCUT2D eigenvalue weighted by molar-refractivity contribution is 5.94. The molecule has 0 N–H and O–H groups in total. The number of aryl methyl sites for hydroxylation is 1. The maximum absolute atomic E-state index is 13.0. The van der Waals surface area contributed by atoms with Crippen molar-refractivity contribution in [1.82, 2.24) is 4.90 Å². The molecule has 0 aromatic heterocycles. The number of ether oxygens (including phenoxy) is 1. The first-order valence-electron chi connectivity index (χ1n) is 9.37. The molecule has 4 nitrogen and oxygen atoms in total. The molecule has 1 aliphatic rings. The van der Waals surface area contributed by atoms with Gasteiger partial charge in [-0.05, 0) is 48.6 Å². The van der Waals surface area contributed by atoms with Crippen molar-refractivity contribution in [2.24, 2.45) is 5.92 Å². The number of hydrogen-bond donors (Lipinski definition) is 0. The third-order valence-electron chi connectivity index (χ3n) is 5.14. The number of hydrogen-bond acceptors (Lipinski definition) is 3. The summed E-state index contributed by atoms with van der Waals surface area (Å²) in [6, 6.07) is 12.5. The summed E-state index contributed by atoms with van der Waals surface area (Å²) in [6.07, 6.45) is -4.58. The molecule has 2 aromatic rings. The zero-order chi connectivity index (χ0) is 21.2. The van der Waals surface area contributed by atoms with Gasteiger partial charge in [-0.3, -0.25) is 4.79 Å². The van der Waals surface area contributed by atoms with Gasteiger partial charge in [0.2, 0.25) is 5.91 Å². The molecule has 7 heteroatoms. The van der Waals surface area contributed by atoms with Crippen molar-refractivity contribution < 1.29 is 27.5 Å². The predicted octanol–water partition coefficient (Wildman–Crippen LogP) is 4.78. The minimum atomic E-state index is -4.45. The largest absolute Gasteiger partial charge is 0.447 e. The highest BCUT2D eigenvalue weighted by Gasteiger charge is 2.40. The third kappa shape index (κ3) is 4.78. The first kappa shape index (κ1) is 20.9. The SMILES string of the molecule is Cc1ccc(C(F)(F)F)cc1CC(C)C(=O)N1C(=O)OCC1Cc1ccccc1. The number of amides is 2. The molecule has 2 amide bonds. The smallest absolute Gasteiger partial charge is 0.416 e. The standard InChI is InChI=1S/C22H22F3NO3/c1-14-8-9-18(22(23,24)25)12-17(14)10-15(2)20(27)26-19(13-29-21(26)28)11-16-6-4-3-5-7-16/h3-9,12,15,19H,10-11,13H2,1-2H3. The topological polar surface area (TPSA) is 46.6 Å². The Bertz CT molecular complexity index is 896. The average Bonchev–Trinajstić information content (AvgIpc) is 3.02. The van der Waals surface area contributed by atoms with Gasteiger partial charge in [0.15, 0.2) is 0 Å². The number of imide groups is 1. The molecule has 0 radical (unpaired) electrons. The summed E-state index contributed by atoms with van der Waals surface area (Å²) in [5, 5.41) is 0. The fourth-order valence-electron chi connectivity index (χ4n) is 3.49. The van der Waals surface area contributed by atoms with E-state index in [0.717, 1.165) is 22.6 Å². The fraction of sp³-hybridized carbons (Fsp3) is 0.364. The molecule has 154 valence electrons. The molecule has 0 aliphatic carbocycles. The highest BCUT2D eigenvalue weighted by atomic mass is 19.4. The molecule has 1 aliphatic heterocycles. The van der Waals surface area contributed by atoms with Gasteiger partial charge in [-0.15, -0.1) is 0 Å². The van der Waals surface area contributed by atoms with Gasteiger partial charge < -0.3 is 4.74 Å². The lowest BCUT2D eigenvalue weighted by atomic mass is 9.94. The monoisotopic (exact) mass is 405 g/mol. The zero-order valence-corrected chi connectivity index (χ0v) is 16.2. The van der Waals surface area contributed by atoms with E-state index in [1.807, 2.05) is 30.3 Å². The van der Waals surface area contributed by atoms with E-state index < -0.39 is 35.7 Å². The Morgan fingerprint density at radius 3 is 2.55 bits per heavy atom. The van der Waals surface area contributed by atoms with Crippen LogP contribution in [0.3, 0.4) is 0 Å². The van der Waals surface area contributed by atoms with Crippen LogP contribution in [-0.2, 0) is 28.5 Å². The van der Waals surface area contributed by atoms with Crippen molar-refractivity contribution in [1.29, 1.82) is 0 Å². The van der Waals surface area contributed by atoms with Gasteiger partial charge in [-0.2, -0.15) is 13.2 Å². The van der Waals surface area contributed by atoms with Crippen molar-refractivity contribution in [3.8, 4) is 0 Å². The maximum Gasteiger partial charge on any atom is 0.416 e. The molecule has 3 rings (SSSR count). The van der Waals surface area contributed by atoms with Crippen LogP contribution in [0, 0.1) is 12.8 Å². The molecule has 0 saturated carbocycles. The van der Waals surface area contributed by atoms with E-state index in [0.29, 0.717) is 17.5 Å². The van der Waals surface area contributed by atoms with Gasteiger partial charge in [0.1, 0.15) is 6.61 Å². The number of rotatable bonds is 5. The van der Waals surface area contributed by atoms with Crippen LogP contribution in [-0.4, -0.2) is 29.5 Å². The van der Waals surface area contributed by atoms with Gasteiger partial charge in [-0.25, -0.2) is 9.69 Å². The van der Waals surface area contributed by atoms with Crippen LogP contribution >= 0.6 is 0 Å². The van der Waals surface area contributed by atoms with Crippen molar-refractivity contribution in [2.75, 3.05) is 6.61 Å².